The number of nitrogens with zero attached hydrogens (tertiary/aromatic N) is 6. The number of hydrogen-bond acceptors (Lipinski definition) is 6. The molecular formula is C24H32N6O. The molecule has 0 bridgehead atoms. The summed E-state index contributed by atoms with van der Waals surface area (Å²) >= 11 is 0. The number of tetrazole rings is 1. The maximum Gasteiger partial charge on any atom is 0.173 e. The summed E-state index contributed by atoms with van der Waals surface area (Å²) in [5, 5.41) is 12.9. The molecule has 2 heterocycles. The number of aromatic nitrogens is 4. The fraction of sp³-hybridized carbons (Fsp3) is 0.458. The molecule has 1 saturated heterocycles. The van der Waals surface area contributed by atoms with Gasteiger partial charge >= 0.3 is 0 Å². The highest BCUT2D eigenvalue weighted by atomic mass is 16.5. The van der Waals surface area contributed by atoms with Crippen molar-refractivity contribution in [1.29, 1.82) is 0 Å². The van der Waals surface area contributed by atoms with Gasteiger partial charge in [0.1, 0.15) is 5.75 Å². The Balaban J connectivity index is 1.60. The Labute approximate surface area is 184 Å². The van der Waals surface area contributed by atoms with Crippen LogP contribution in [0.2, 0.25) is 0 Å². The highest BCUT2D eigenvalue weighted by molar-refractivity contribution is 5.49. The molecule has 1 aromatic heterocycles. The van der Waals surface area contributed by atoms with Crippen LogP contribution in [-0.4, -0.2) is 58.4 Å². The maximum absolute atomic E-state index is 5.29. The largest absolute Gasteiger partial charge is 0.497 e. The van der Waals surface area contributed by atoms with Gasteiger partial charge in [-0.05, 0) is 68.0 Å². The van der Waals surface area contributed by atoms with E-state index in [1.165, 1.54) is 16.8 Å². The van der Waals surface area contributed by atoms with Crippen LogP contribution in [-0.2, 0) is 5.54 Å². The van der Waals surface area contributed by atoms with Crippen LogP contribution in [0.25, 0.3) is 0 Å². The lowest BCUT2D eigenvalue weighted by molar-refractivity contribution is 0.191. The molecule has 4 rings (SSSR count). The molecule has 0 amide bonds. The molecule has 1 aliphatic heterocycles. The molecule has 1 aliphatic rings. The highest BCUT2D eigenvalue weighted by Gasteiger charge is 2.33. The first-order valence-electron chi connectivity index (χ1n) is 10.8. The zero-order valence-corrected chi connectivity index (χ0v) is 19.1. The SMILES string of the molecule is COc1ccc(N2CCN([C@H](c3ccc(C)cc3)c3nnnn3C(C)(C)C)CC2)cc1. The van der Waals surface area contributed by atoms with Crippen LogP contribution in [0.5, 0.6) is 5.75 Å². The quantitative estimate of drug-likeness (QED) is 0.628. The van der Waals surface area contributed by atoms with Gasteiger partial charge in [-0.15, -0.1) is 5.10 Å². The van der Waals surface area contributed by atoms with Crippen molar-refractivity contribution in [3.8, 4) is 5.75 Å². The third kappa shape index (κ3) is 4.56. The van der Waals surface area contributed by atoms with Gasteiger partial charge in [0.15, 0.2) is 5.82 Å². The summed E-state index contributed by atoms with van der Waals surface area (Å²) in [5.74, 6) is 1.78. The standard InChI is InChI=1S/C24H32N6O/c1-18-6-8-19(9-7-18)22(23-25-26-27-30(23)24(2,3)4)29-16-14-28(15-17-29)20-10-12-21(31-5)13-11-20/h6-13,22H,14-17H2,1-5H3/t22-/m1/s1. The first kappa shape index (κ1) is 21.3. The molecule has 0 N–H and O–H groups in total. The Morgan fingerprint density at radius 2 is 1.55 bits per heavy atom. The molecule has 0 radical (unpaired) electrons. The van der Waals surface area contributed by atoms with Crippen LogP contribution >= 0.6 is 0 Å². The smallest absolute Gasteiger partial charge is 0.173 e. The van der Waals surface area contributed by atoms with E-state index in [0.29, 0.717) is 0 Å². The van der Waals surface area contributed by atoms with Crippen LogP contribution in [0.15, 0.2) is 48.5 Å². The molecule has 7 nitrogen and oxygen atoms in total. The Morgan fingerprint density at radius 1 is 0.903 bits per heavy atom. The first-order chi connectivity index (χ1) is 14.9. The molecular weight excluding hydrogens is 388 g/mol. The van der Waals surface area contributed by atoms with Gasteiger partial charge < -0.3 is 9.64 Å². The summed E-state index contributed by atoms with van der Waals surface area (Å²) in [6.07, 6.45) is 0. The van der Waals surface area contributed by atoms with Crippen LogP contribution in [0, 0.1) is 6.92 Å². The first-order valence-corrected chi connectivity index (χ1v) is 10.8. The lowest BCUT2D eigenvalue weighted by atomic mass is 10.0. The van der Waals surface area contributed by atoms with Crippen molar-refractivity contribution < 1.29 is 4.74 Å². The zero-order valence-electron chi connectivity index (χ0n) is 19.1. The zero-order chi connectivity index (χ0) is 22.0. The molecule has 7 heteroatoms. The van der Waals surface area contributed by atoms with E-state index in [2.05, 4.69) is 89.4 Å². The second-order valence-electron chi connectivity index (χ2n) is 9.15. The molecule has 2 aromatic carbocycles. The van der Waals surface area contributed by atoms with Crippen LogP contribution < -0.4 is 9.64 Å². The second-order valence-corrected chi connectivity index (χ2v) is 9.15. The number of rotatable bonds is 5. The lowest BCUT2D eigenvalue weighted by Gasteiger charge is -2.40. The topological polar surface area (TPSA) is 59.3 Å². The van der Waals surface area contributed by atoms with Gasteiger partial charge in [-0.1, -0.05) is 29.8 Å². The third-order valence-corrected chi connectivity index (χ3v) is 5.88. The summed E-state index contributed by atoms with van der Waals surface area (Å²) in [5.41, 5.74) is 3.52. The normalized spacial score (nSPS) is 16.4. The Morgan fingerprint density at radius 3 is 2.13 bits per heavy atom. The summed E-state index contributed by atoms with van der Waals surface area (Å²) in [4.78, 5) is 4.92. The number of ether oxygens (including phenoxy) is 1. The third-order valence-electron chi connectivity index (χ3n) is 5.88. The molecule has 0 aliphatic carbocycles. The monoisotopic (exact) mass is 420 g/mol. The van der Waals surface area contributed by atoms with Crippen molar-refractivity contribution in [2.45, 2.75) is 39.3 Å². The fourth-order valence-electron chi connectivity index (χ4n) is 4.15. The number of piperazine rings is 1. The number of benzene rings is 2. The number of anilines is 1. The molecule has 0 saturated carbocycles. The van der Waals surface area contributed by atoms with Gasteiger partial charge in [0.25, 0.3) is 0 Å². The van der Waals surface area contributed by atoms with E-state index >= 15 is 0 Å². The van der Waals surface area contributed by atoms with Crippen molar-refractivity contribution >= 4 is 5.69 Å². The van der Waals surface area contributed by atoms with Crippen molar-refractivity contribution in [2.24, 2.45) is 0 Å². The summed E-state index contributed by atoms with van der Waals surface area (Å²) < 4.78 is 7.26. The Kier molecular flexibility index (Phi) is 5.96. The molecule has 1 atom stereocenters. The molecule has 31 heavy (non-hydrogen) atoms. The van der Waals surface area contributed by atoms with Crippen molar-refractivity contribution in [1.82, 2.24) is 25.1 Å². The highest BCUT2D eigenvalue weighted by Crippen LogP contribution is 2.31. The minimum Gasteiger partial charge on any atom is -0.497 e. The van der Waals surface area contributed by atoms with E-state index in [1.54, 1.807) is 7.11 Å². The predicted molar refractivity (Wildman–Crippen MR) is 123 cm³/mol. The van der Waals surface area contributed by atoms with Crippen LogP contribution in [0.3, 0.4) is 0 Å². The van der Waals surface area contributed by atoms with Gasteiger partial charge in [-0.3, -0.25) is 4.90 Å². The molecule has 1 fully saturated rings. The van der Waals surface area contributed by atoms with Crippen molar-refractivity contribution in [3.63, 3.8) is 0 Å². The predicted octanol–water partition coefficient (Wildman–Crippen LogP) is 3.66. The fourth-order valence-corrected chi connectivity index (χ4v) is 4.15. The summed E-state index contributed by atoms with van der Waals surface area (Å²) in [6, 6.07) is 17.1. The molecule has 164 valence electrons. The Bertz CT molecular complexity index is 982. The van der Waals surface area contributed by atoms with Gasteiger partial charge in [0, 0.05) is 31.9 Å². The van der Waals surface area contributed by atoms with Crippen LogP contribution in [0.4, 0.5) is 5.69 Å². The van der Waals surface area contributed by atoms with E-state index in [1.807, 2.05) is 16.8 Å². The number of hydrogen-bond donors (Lipinski definition) is 0. The summed E-state index contributed by atoms with van der Waals surface area (Å²) in [6.45, 7) is 12.3. The van der Waals surface area contributed by atoms with Gasteiger partial charge in [0.05, 0.1) is 18.7 Å². The molecule has 3 aromatic rings. The van der Waals surface area contributed by atoms with E-state index in [4.69, 9.17) is 4.74 Å². The number of aryl methyl sites for hydroxylation is 1. The average molecular weight is 421 g/mol. The Hall–Kier alpha value is -2.93. The summed E-state index contributed by atoms with van der Waals surface area (Å²) in [7, 11) is 1.70. The van der Waals surface area contributed by atoms with Gasteiger partial charge in [-0.25, -0.2) is 4.68 Å². The van der Waals surface area contributed by atoms with Gasteiger partial charge in [-0.2, -0.15) is 0 Å². The van der Waals surface area contributed by atoms with E-state index in [-0.39, 0.29) is 11.6 Å². The van der Waals surface area contributed by atoms with Crippen LogP contribution in [0.1, 0.15) is 43.8 Å². The van der Waals surface area contributed by atoms with Crippen molar-refractivity contribution in [2.75, 3.05) is 38.2 Å². The minimum atomic E-state index is -0.188. The average Bonchev–Trinajstić information content (AvgIpc) is 3.26. The minimum absolute atomic E-state index is 0.0212. The molecule has 0 spiro atoms. The van der Waals surface area contributed by atoms with Gasteiger partial charge in [0.2, 0.25) is 0 Å². The second kappa shape index (κ2) is 8.67. The van der Waals surface area contributed by atoms with E-state index in [9.17, 15) is 0 Å². The maximum atomic E-state index is 5.29. The molecule has 0 unspecified atom stereocenters. The van der Waals surface area contributed by atoms with Crippen molar-refractivity contribution in [3.05, 3.63) is 65.5 Å². The number of methoxy groups -OCH3 is 1. The van der Waals surface area contributed by atoms with E-state index in [0.717, 1.165) is 37.8 Å². The van der Waals surface area contributed by atoms with E-state index < -0.39 is 0 Å². The lowest BCUT2D eigenvalue weighted by Crippen LogP contribution is -2.48.